The summed E-state index contributed by atoms with van der Waals surface area (Å²) in [6, 6.07) is 18.5. The molecule has 3 aromatic rings. The van der Waals surface area contributed by atoms with Crippen molar-refractivity contribution >= 4 is 33.0 Å². The number of halogens is 1. The predicted octanol–water partition coefficient (Wildman–Crippen LogP) is 5.04. The summed E-state index contributed by atoms with van der Waals surface area (Å²) in [6.45, 7) is 2.51. The third kappa shape index (κ3) is 5.20. The van der Waals surface area contributed by atoms with Gasteiger partial charge in [-0.1, -0.05) is 41.9 Å². The van der Waals surface area contributed by atoms with Crippen molar-refractivity contribution in [2.45, 2.75) is 25.1 Å². The Kier molecular flexibility index (Phi) is 6.72. The van der Waals surface area contributed by atoms with E-state index in [1.54, 1.807) is 43.5 Å². The molecule has 0 saturated carbocycles. The van der Waals surface area contributed by atoms with Crippen molar-refractivity contribution < 1.29 is 17.9 Å². The van der Waals surface area contributed by atoms with Crippen LogP contribution in [0.2, 0.25) is 5.02 Å². The highest BCUT2D eigenvalue weighted by Crippen LogP contribution is 2.41. The fourth-order valence-corrected chi connectivity index (χ4v) is 5.45. The van der Waals surface area contributed by atoms with Crippen molar-refractivity contribution in [1.82, 2.24) is 0 Å². The van der Waals surface area contributed by atoms with Gasteiger partial charge in [0, 0.05) is 29.7 Å². The number of anilines is 2. The van der Waals surface area contributed by atoms with Gasteiger partial charge in [0.25, 0.3) is 0 Å². The fourth-order valence-electron chi connectivity index (χ4n) is 4.12. The number of aryl methyl sites for hydroxylation is 1. The normalized spacial score (nSPS) is 15.3. The smallest absolute Gasteiger partial charge is 0.237 e. The lowest BCUT2D eigenvalue weighted by Crippen LogP contribution is -2.41. The molecule has 0 spiro atoms. The molecule has 0 radical (unpaired) electrons. The van der Waals surface area contributed by atoms with Gasteiger partial charge in [0.2, 0.25) is 10.0 Å². The van der Waals surface area contributed by atoms with E-state index >= 15 is 0 Å². The summed E-state index contributed by atoms with van der Waals surface area (Å²) in [7, 11) is -0.00242. The summed E-state index contributed by atoms with van der Waals surface area (Å²) in [5.41, 5.74) is 4.22. The molecule has 0 aliphatic carbocycles. The quantitative estimate of drug-likeness (QED) is 0.506. The summed E-state index contributed by atoms with van der Waals surface area (Å²) < 4.78 is 40.1. The molecule has 33 heavy (non-hydrogen) atoms. The van der Waals surface area contributed by atoms with Crippen molar-refractivity contribution in [3.63, 3.8) is 0 Å². The van der Waals surface area contributed by atoms with Crippen LogP contribution in [0.4, 0.5) is 11.4 Å². The molecule has 0 fully saturated rings. The Morgan fingerprint density at radius 1 is 1.12 bits per heavy atom. The number of nitrogens with zero attached hydrogens (tertiary/aromatic N) is 1. The molecule has 1 heterocycles. The molecule has 0 unspecified atom stereocenters. The number of likely N-dealkylation sites (N-methyl/N-ethyl adjacent to an activating group) is 1. The van der Waals surface area contributed by atoms with E-state index < -0.39 is 10.0 Å². The number of hydrogen-bond acceptors (Lipinski definition) is 5. The number of methoxy groups -OCH3 is 1. The lowest BCUT2D eigenvalue weighted by Gasteiger charge is -2.36. The zero-order chi connectivity index (χ0) is 23.6. The topological polar surface area (TPSA) is 67.9 Å². The van der Waals surface area contributed by atoms with Gasteiger partial charge in [-0.15, -0.1) is 0 Å². The molecule has 1 N–H and O–H groups in total. The SMILES string of the molecule is COc1ccc(NS(=O)(=O)Cc2ccc(Cl)cc2)c2c1C[C@@H](N(C)c1ccccc1C)CO2. The van der Waals surface area contributed by atoms with Gasteiger partial charge in [0.1, 0.15) is 18.1 Å². The van der Waals surface area contributed by atoms with Crippen LogP contribution in [-0.2, 0) is 22.2 Å². The zero-order valence-corrected chi connectivity index (χ0v) is 20.4. The minimum Gasteiger partial charge on any atom is -0.496 e. The van der Waals surface area contributed by atoms with Gasteiger partial charge < -0.3 is 14.4 Å². The highest BCUT2D eigenvalue weighted by molar-refractivity contribution is 7.91. The number of nitrogens with one attached hydrogen (secondary N) is 1. The van der Waals surface area contributed by atoms with Crippen LogP contribution in [0.25, 0.3) is 0 Å². The highest BCUT2D eigenvalue weighted by Gasteiger charge is 2.29. The first-order valence-corrected chi connectivity index (χ1v) is 12.7. The maximum absolute atomic E-state index is 12.9. The van der Waals surface area contributed by atoms with Crippen molar-refractivity contribution in [2.75, 3.05) is 30.4 Å². The Labute approximate surface area is 200 Å². The second kappa shape index (κ2) is 9.53. The molecule has 1 aliphatic rings. The van der Waals surface area contributed by atoms with E-state index in [1.165, 1.54) is 5.56 Å². The van der Waals surface area contributed by atoms with Crippen LogP contribution < -0.4 is 19.1 Å². The molecule has 6 nitrogen and oxygen atoms in total. The molecule has 0 bridgehead atoms. The maximum atomic E-state index is 12.9. The third-order valence-corrected chi connectivity index (χ3v) is 7.37. The third-order valence-electron chi connectivity index (χ3n) is 5.88. The van der Waals surface area contributed by atoms with Crippen molar-refractivity contribution in [2.24, 2.45) is 0 Å². The van der Waals surface area contributed by atoms with Crippen LogP contribution in [0.1, 0.15) is 16.7 Å². The molecule has 1 atom stereocenters. The molecule has 8 heteroatoms. The van der Waals surface area contributed by atoms with E-state index in [9.17, 15) is 8.42 Å². The van der Waals surface area contributed by atoms with Crippen LogP contribution in [0, 0.1) is 6.92 Å². The average Bonchev–Trinajstić information content (AvgIpc) is 2.80. The minimum atomic E-state index is -3.66. The number of hydrogen-bond donors (Lipinski definition) is 1. The number of para-hydroxylation sites is 1. The van der Waals surface area contributed by atoms with Gasteiger partial charge in [-0.05, 0) is 48.4 Å². The van der Waals surface area contributed by atoms with Crippen LogP contribution in [0.3, 0.4) is 0 Å². The number of fused-ring (bicyclic) bond motifs is 1. The maximum Gasteiger partial charge on any atom is 0.237 e. The fraction of sp³-hybridized carbons (Fsp3) is 0.280. The van der Waals surface area contributed by atoms with E-state index in [-0.39, 0.29) is 11.8 Å². The first kappa shape index (κ1) is 23.3. The van der Waals surface area contributed by atoms with E-state index in [1.807, 2.05) is 19.2 Å². The molecule has 174 valence electrons. The van der Waals surface area contributed by atoms with Gasteiger partial charge in [-0.25, -0.2) is 8.42 Å². The Bertz CT molecular complexity index is 1250. The second-order valence-electron chi connectivity index (χ2n) is 8.18. The molecule has 0 aromatic heterocycles. The highest BCUT2D eigenvalue weighted by atomic mass is 35.5. The predicted molar refractivity (Wildman–Crippen MR) is 133 cm³/mol. The Balaban J connectivity index is 1.59. The summed E-state index contributed by atoms with van der Waals surface area (Å²) in [5.74, 6) is 1.03. The Morgan fingerprint density at radius 2 is 1.85 bits per heavy atom. The van der Waals surface area contributed by atoms with E-state index in [0.29, 0.717) is 40.8 Å². The number of ether oxygens (including phenoxy) is 2. The van der Waals surface area contributed by atoms with E-state index in [4.69, 9.17) is 21.1 Å². The molecule has 3 aromatic carbocycles. The van der Waals surface area contributed by atoms with Crippen LogP contribution in [-0.4, -0.2) is 35.2 Å². The molecule has 0 amide bonds. The van der Waals surface area contributed by atoms with Crippen molar-refractivity contribution in [3.8, 4) is 11.5 Å². The number of sulfonamides is 1. The lowest BCUT2D eigenvalue weighted by atomic mass is 9.98. The van der Waals surface area contributed by atoms with Gasteiger partial charge in [-0.3, -0.25) is 4.72 Å². The van der Waals surface area contributed by atoms with Gasteiger partial charge in [-0.2, -0.15) is 0 Å². The summed E-state index contributed by atoms with van der Waals surface area (Å²) in [4.78, 5) is 2.20. The van der Waals surface area contributed by atoms with E-state index in [0.717, 1.165) is 11.3 Å². The molecule has 1 aliphatic heterocycles. The van der Waals surface area contributed by atoms with Crippen molar-refractivity contribution in [1.29, 1.82) is 0 Å². The standard InChI is InChI=1S/C25H27ClN2O4S/c1-17-6-4-5-7-23(17)28(2)20-14-21-24(31-3)13-12-22(25(21)32-15-20)27-33(29,30)16-18-8-10-19(26)11-9-18/h4-13,20,27H,14-16H2,1-3H3/t20-/m1/s1. The average molecular weight is 487 g/mol. The van der Waals surface area contributed by atoms with Crippen LogP contribution in [0.5, 0.6) is 11.5 Å². The summed E-state index contributed by atoms with van der Waals surface area (Å²) in [6.07, 6.45) is 0.663. The van der Waals surface area contributed by atoms with Crippen LogP contribution in [0.15, 0.2) is 60.7 Å². The Hall–Kier alpha value is -2.90. The van der Waals surface area contributed by atoms with Crippen molar-refractivity contribution in [3.05, 3.63) is 82.4 Å². The molecular formula is C25H27ClN2O4S. The summed E-state index contributed by atoms with van der Waals surface area (Å²) >= 11 is 5.91. The van der Waals surface area contributed by atoms with Gasteiger partial charge in [0.05, 0.1) is 24.6 Å². The first-order valence-electron chi connectivity index (χ1n) is 10.6. The number of rotatable bonds is 7. The lowest BCUT2D eigenvalue weighted by molar-refractivity contribution is 0.256. The van der Waals surface area contributed by atoms with E-state index in [2.05, 4.69) is 28.7 Å². The first-order chi connectivity index (χ1) is 15.8. The monoisotopic (exact) mass is 486 g/mol. The van der Waals surface area contributed by atoms with Crippen LogP contribution >= 0.6 is 11.6 Å². The molecule has 0 saturated heterocycles. The largest absolute Gasteiger partial charge is 0.496 e. The summed E-state index contributed by atoms with van der Waals surface area (Å²) in [5, 5.41) is 0.562. The minimum absolute atomic E-state index is 0.0772. The number of benzene rings is 3. The molecule has 4 rings (SSSR count). The Morgan fingerprint density at radius 3 is 2.55 bits per heavy atom. The van der Waals surface area contributed by atoms with Gasteiger partial charge in [0.15, 0.2) is 0 Å². The van der Waals surface area contributed by atoms with Gasteiger partial charge >= 0.3 is 0 Å². The zero-order valence-electron chi connectivity index (χ0n) is 18.8. The molecular weight excluding hydrogens is 460 g/mol. The second-order valence-corrected chi connectivity index (χ2v) is 10.3.